The molecular formula is C20H27N3O2. The number of rotatable bonds is 4. The van der Waals surface area contributed by atoms with Gasteiger partial charge in [0.15, 0.2) is 0 Å². The minimum absolute atomic E-state index is 0.0799. The quantitative estimate of drug-likeness (QED) is 0.858. The Morgan fingerprint density at radius 1 is 1.20 bits per heavy atom. The van der Waals surface area contributed by atoms with Crippen molar-refractivity contribution in [2.75, 3.05) is 26.3 Å². The van der Waals surface area contributed by atoms with Crippen LogP contribution in [0.3, 0.4) is 0 Å². The fourth-order valence-corrected chi connectivity index (χ4v) is 3.33. The Morgan fingerprint density at radius 2 is 1.88 bits per heavy atom. The number of para-hydroxylation sites is 1. The first-order chi connectivity index (χ1) is 12.0. The lowest BCUT2D eigenvalue weighted by atomic mass is 10.0. The van der Waals surface area contributed by atoms with Gasteiger partial charge in [-0.15, -0.1) is 0 Å². The number of aromatic nitrogens is 2. The molecule has 0 radical (unpaired) electrons. The standard InChI is InChI=1S/C20H27N3O2/c1-14(2)13-17-19(20(24)22-9-11-25-12-10-22)16(4)23(21-17)18-8-6-5-7-15(18)3/h5-8,14H,9-13H2,1-4H3. The summed E-state index contributed by atoms with van der Waals surface area (Å²) in [5, 5.41) is 4.83. The zero-order chi connectivity index (χ0) is 18.0. The maximum atomic E-state index is 13.2. The summed E-state index contributed by atoms with van der Waals surface area (Å²) in [6, 6.07) is 8.15. The predicted octanol–water partition coefficient (Wildman–Crippen LogP) is 3.16. The van der Waals surface area contributed by atoms with E-state index in [0.29, 0.717) is 32.2 Å². The molecule has 1 amide bonds. The van der Waals surface area contributed by atoms with Crippen molar-refractivity contribution < 1.29 is 9.53 Å². The van der Waals surface area contributed by atoms with Gasteiger partial charge in [-0.25, -0.2) is 4.68 Å². The average molecular weight is 341 g/mol. The smallest absolute Gasteiger partial charge is 0.257 e. The summed E-state index contributed by atoms with van der Waals surface area (Å²) in [6.07, 6.45) is 0.797. The summed E-state index contributed by atoms with van der Waals surface area (Å²) >= 11 is 0. The van der Waals surface area contributed by atoms with Crippen molar-refractivity contribution in [3.63, 3.8) is 0 Å². The molecular weight excluding hydrogens is 314 g/mol. The fraction of sp³-hybridized carbons (Fsp3) is 0.500. The number of nitrogens with zero attached hydrogens (tertiary/aromatic N) is 3. The van der Waals surface area contributed by atoms with E-state index in [2.05, 4.69) is 32.9 Å². The second kappa shape index (κ2) is 7.40. The molecule has 2 heterocycles. The maximum absolute atomic E-state index is 13.2. The van der Waals surface area contributed by atoms with Crippen LogP contribution >= 0.6 is 0 Å². The van der Waals surface area contributed by atoms with Crippen molar-refractivity contribution in [3.05, 3.63) is 46.8 Å². The van der Waals surface area contributed by atoms with Crippen LogP contribution in [0.25, 0.3) is 5.69 Å². The largest absolute Gasteiger partial charge is 0.378 e. The number of hydrogen-bond donors (Lipinski definition) is 0. The lowest BCUT2D eigenvalue weighted by Gasteiger charge is -2.27. The summed E-state index contributed by atoms with van der Waals surface area (Å²) in [7, 11) is 0. The van der Waals surface area contributed by atoms with Gasteiger partial charge in [-0.1, -0.05) is 32.0 Å². The summed E-state index contributed by atoms with van der Waals surface area (Å²) < 4.78 is 7.32. The highest BCUT2D eigenvalue weighted by molar-refractivity contribution is 5.96. The molecule has 0 saturated carbocycles. The number of carbonyl (C=O) groups excluding carboxylic acids is 1. The van der Waals surface area contributed by atoms with Crippen LogP contribution in [0, 0.1) is 19.8 Å². The average Bonchev–Trinajstić information content (AvgIpc) is 2.91. The van der Waals surface area contributed by atoms with Gasteiger partial charge in [0.05, 0.1) is 35.9 Å². The first-order valence-corrected chi connectivity index (χ1v) is 9.00. The Kier molecular flexibility index (Phi) is 5.23. The molecule has 0 spiro atoms. The Labute approximate surface area is 149 Å². The van der Waals surface area contributed by atoms with Gasteiger partial charge < -0.3 is 9.64 Å². The van der Waals surface area contributed by atoms with Crippen LogP contribution in [0.4, 0.5) is 0 Å². The number of amides is 1. The number of carbonyl (C=O) groups is 1. The van der Waals surface area contributed by atoms with Gasteiger partial charge in [0, 0.05) is 13.1 Å². The molecule has 5 heteroatoms. The molecule has 0 N–H and O–H groups in total. The summed E-state index contributed by atoms with van der Waals surface area (Å²) in [4.78, 5) is 15.1. The van der Waals surface area contributed by atoms with Crippen molar-refractivity contribution >= 4 is 5.91 Å². The van der Waals surface area contributed by atoms with E-state index >= 15 is 0 Å². The highest BCUT2D eigenvalue weighted by Crippen LogP contribution is 2.24. The van der Waals surface area contributed by atoms with Crippen molar-refractivity contribution in [1.82, 2.24) is 14.7 Å². The molecule has 5 nitrogen and oxygen atoms in total. The van der Waals surface area contributed by atoms with Crippen LogP contribution in [0.15, 0.2) is 24.3 Å². The summed E-state index contributed by atoms with van der Waals surface area (Å²) in [6.45, 7) is 10.9. The number of ether oxygens (including phenoxy) is 1. The van der Waals surface area contributed by atoms with E-state index in [-0.39, 0.29) is 5.91 Å². The van der Waals surface area contributed by atoms with E-state index in [0.717, 1.165) is 34.6 Å². The summed E-state index contributed by atoms with van der Waals surface area (Å²) in [5.41, 5.74) is 4.76. The Bertz CT molecular complexity index is 758. The van der Waals surface area contributed by atoms with Crippen LogP contribution in [-0.4, -0.2) is 46.9 Å². The third kappa shape index (κ3) is 3.61. The normalized spacial score (nSPS) is 15.0. The van der Waals surface area contributed by atoms with Crippen LogP contribution in [0.2, 0.25) is 0 Å². The SMILES string of the molecule is Cc1ccccc1-n1nc(CC(C)C)c(C(=O)N2CCOCC2)c1C. The third-order valence-corrected chi connectivity index (χ3v) is 4.65. The molecule has 1 fully saturated rings. The zero-order valence-corrected chi connectivity index (χ0v) is 15.6. The number of morpholine rings is 1. The molecule has 0 aliphatic carbocycles. The highest BCUT2D eigenvalue weighted by Gasteiger charge is 2.27. The van der Waals surface area contributed by atoms with E-state index in [1.54, 1.807) is 0 Å². The van der Waals surface area contributed by atoms with Crippen LogP contribution < -0.4 is 0 Å². The van der Waals surface area contributed by atoms with Crippen molar-refractivity contribution in [2.45, 2.75) is 34.1 Å². The molecule has 0 atom stereocenters. The predicted molar refractivity (Wildman–Crippen MR) is 98.3 cm³/mol. The lowest BCUT2D eigenvalue weighted by Crippen LogP contribution is -2.41. The molecule has 1 aromatic carbocycles. The zero-order valence-electron chi connectivity index (χ0n) is 15.6. The Morgan fingerprint density at radius 3 is 2.52 bits per heavy atom. The van der Waals surface area contributed by atoms with Crippen LogP contribution in [-0.2, 0) is 11.2 Å². The minimum Gasteiger partial charge on any atom is -0.378 e. The van der Waals surface area contributed by atoms with Crippen molar-refractivity contribution in [1.29, 1.82) is 0 Å². The maximum Gasteiger partial charge on any atom is 0.257 e. The van der Waals surface area contributed by atoms with Gasteiger partial charge in [-0.3, -0.25) is 4.79 Å². The lowest BCUT2D eigenvalue weighted by molar-refractivity contribution is 0.0301. The number of aryl methyl sites for hydroxylation is 1. The molecule has 1 saturated heterocycles. The molecule has 0 unspecified atom stereocenters. The van der Waals surface area contributed by atoms with E-state index in [1.165, 1.54) is 0 Å². The van der Waals surface area contributed by atoms with Crippen molar-refractivity contribution in [2.24, 2.45) is 5.92 Å². The Hall–Kier alpha value is -2.14. The highest BCUT2D eigenvalue weighted by atomic mass is 16.5. The second-order valence-corrected chi connectivity index (χ2v) is 7.11. The Balaban J connectivity index is 2.06. The molecule has 1 aliphatic rings. The molecule has 134 valence electrons. The van der Waals surface area contributed by atoms with Gasteiger partial charge in [-0.2, -0.15) is 5.10 Å². The first kappa shape index (κ1) is 17.7. The number of hydrogen-bond acceptors (Lipinski definition) is 3. The van der Waals surface area contributed by atoms with Gasteiger partial charge in [-0.05, 0) is 37.8 Å². The van der Waals surface area contributed by atoms with E-state index in [1.807, 2.05) is 28.6 Å². The van der Waals surface area contributed by atoms with E-state index < -0.39 is 0 Å². The van der Waals surface area contributed by atoms with Gasteiger partial charge in [0.2, 0.25) is 0 Å². The number of benzene rings is 1. The van der Waals surface area contributed by atoms with Crippen molar-refractivity contribution in [3.8, 4) is 5.69 Å². The monoisotopic (exact) mass is 341 g/mol. The fourth-order valence-electron chi connectivity index (χ4n) is 3.33. The van der Waals surface area contributed by atoms with E-state index in [4.69, 9.17) is 9.84 Å². The minimum atomic E-state index is 0.0799. The topological polar surface area (TPSA) is 47.4 Å². The third-order valence-electron chi connectivity index (χ3n) is 4.65. The first-order valence-electron chi connectivity index (χ1n) is 9.00. The van der Waals surface area contributed by atoms with Crippen LogP contribution in [0.1, 0.15) is 41.2 Å². The molecule has 0 bridgehead atoms. The molecule has 1 aromatic heterocycles. The molecule has 2 aromatic rings. The van der Waals surface area contributed by atoms with Crippen LogP contribution in [0.5, 0.6) is 0 Å². The van der Waals surface area contributed by atoms with Gasteiger partial charge in [0.1, 0.15) is 0 Å². The second-order valence-electron chi connectivity index (χ2n) is 7.11. The summed E-state index contributed by atoms with van der Waals surface area (Å²) in [5.74, 6) is 0.521. The molecule has 1 aliphatic heterocycles. The van der Waals surface area contributed by atoms with E-state index in [9.17, 15) is 4.79 Å². The van der Waals surface area contributed by atoms with Gasteiger partial charge >= 0.3 is 0 Å². The molecule has 25 heavy (non-hydrogen) atoms. The van der Waals surface area contributed by atoms with Gasteiger partial charge in [0.25, 0.3) is 5.91 Å². The molecule has 3 rings (SSSR count).